The van der Waals surface area contributed by atoms with E-state index >= 15 is 0 Å². The molecule has 3 nitrogen and oxygen atoms in total. The van der Waals surface area contributed by atoms with Gasteiger partial charge in [-0.3, -0.25) is 4.79 Å². The molecule has 1 saturated carbocycles. The minimum Gasteiger partial charge on any atom is -0.349 e. The lowest BCUT2D eigenvalue weighted by molar-refractivity contribution is 0.0910. The van der Waals surface area contributed by atoms with Gasteiger partial charge in [-0.2, -0.15) is 4.39 Å². The molecule has 0 aliphatic heterocycles. The van der Waals surface area contributed by atoms with Gasteiger partial charge in [0.15, 0.2) is 0 Å². The quantitative estimate of drug-likeness (QED) is 0.802. The van der Waals surface area contributed by atoms with Gasteiger partial charge in [-0.25, -0.2) is 4.98 Å². The molecule has 4 heteroatoms. The summed E-state index contributed by atoms with van der Waals surface area (Å²) in [4.78, 5) is 15.4. The number of hydrogen-bond donors (Lipinski definition) is 1. The topological polar surface area (TPSA) is 42.0 Å². The van der Waals surface area contributed by atoms with Gasteiger partial charge in [-0.05, 0) is 30.9 Å². The number of halogens is 1. The molecule has 0 aromatic carbocycles. The highest BCUT2D eigenvalue weighted by Crippen LogP contribution is 2.23. The van der Waals surface area contributed by atoms with Crippen LogP contribution in [0, 0.1) is 11.9 Å². The minimum absolute atomic E-state index is 0.156. The van der Waals surface area contributed by atoms with Crippen LogP contribution in [0.2, 0.25) is 0 Å². The van der Waals surface area contributed by atoms with Crippen LogP contribution in [0.4, 0.5) is 4.39 Å². The van der Waals surface area contributed by atoms with Crippen LogP contribution in [0.15, 0.2) is 18.3 Å². The van der Waals surface area contributed by atoms with E-state index in [1.807, 2.05) is 0 Å². The van der Waals surface area contributed by atoms with Gasteiger partial charge in [0.1, 0.15) is 0 Å². The Bertz CT molecular complexity index is 391. The van der Waals surface area contributed by atoms with Gasteiger partial charge in [0.05, 0.1) is 5.56 Å². The number of carbonyl (C=O) groups excluding carboxylic acids is 1. The third-order valence-electron chi connectivity index (χ3n) is 3.42. The summed E-state index contributed by atoms with van der Waals surface area (Å²) in [5.41, 5.74) is 0.421. The lowest BCUT2D eigenvalue weighted by atomic mass is 9.86. The number of nitrogens with one attached hydrogen (secondary N) is 1. The first-order valence-corrected chi connectivity index (χ1v) is 6.09. The van der Waals surface area contributed by atoms with Crippen molar-refractivity contribution in [2.75, 3.05) is 0 Å². The Balaban J connectivity index is 1.98. The highest BCUT2D eigenvalue weighted by atomic mass is 19.1. The highest BCUT2D eigenvalue weighted by Gasteiger charge is 2.23. The number of carbonyl (C=O) groups is 1. The zero-order chi connectivity index (χ0) is 12.3. The fourth-order valence-corrected chi connectivity index (χ4v) is 2.29. The molecule has 1 aromatic rings. The SMILES string of the molecule is CC1CCCCC1NC(=O)c1ccc(F)nc1. The summed E-state index contributed by atoms with van der Waals surface area (Å²) in [7, 11) is 0. The van der Waals surface area contributed by atoms with E-state index in [9.17, 15) is 9.18 Å². The third-order valence-corrected chi connectivity index (χ3v) is 3.42. The number of amides is 1. The van der Waals surface area contributed by atoms with Gasteiger partial charge in [-0.15, -0.1) is 0 Å². The smallest absolute Gasteiger partial charge is 0.253 e. The maximum Gasteiger partial charge on any atom is 0.253 e. The Labute approximate surface area is 100 Å². The maximum absolute atomic E-state index is 12.6. The number of pyridine rings is 1. The molecule has 1 N–H and O–H groups in total. The number of nitrogens with zero attached hydrogens (tertiary/aromatic N) is 1. The maximum atomic E-state index is 12.6. The van der Waals surface area contributed by atoms with Crippen molar-refractivity contribution in [2.24, 2.45) is 5.92 Å². The second-order valence-corrected chi connectivity index (χ2v) is 4.71. The molecule has 1 heterocycles. The molecule has 2 rings (SSSR count). The van der Waals surface area contributed by atoms with Crippen molar-refractivity contribution in [1.29, 1.82) is 0 Å². The summed E-state index contributed by atoms with van der Waals surface area (Å²) in [6.07, 6.45) is 5.87. The van der Waals surface area contributed by atoms with Gasteiger partial charge < -0.3 is 5.32 Å². The van der Waals surface area contributed by atoms with Crippen LogP contribution in [-0.2, 0) is 0 Å². The van der Waals surface area contributed by atoms with Crippen molar-refractivity contribution in [3.8, 4) is 0 Å². The molecular formula is C13H17FN2O. The third kappa shape index (κ3) is 3.02. The average Bonchev–Trinajstić information content (AvgIpc) is 2.33. The molecule has 0 radical (unpaired) electrons. The normalized spacial score (nSPS) is 24.4. The number of hydrogen-bond acceptors (Lipinski definition) is 2. The molecule has 0 spiro atoms. The molecule has 1 aromatic heterocycles. The monoisotopic (exact) mass is 236 g/mol. The van der Waals surface area contributed by atoms with Crippen LogP contribution in [0.3, 0.4) is 0 Å². The van der Waals surface area contributed by atoms with Crippen molar-refractivity contribution in [2.45, 2.75) is 38.6 Å². The standard InChI is InChI=1S/C13H17FN2O/c1-9-4-2-3-5-11(9)16-13(17)10-6-7-12(14)15-8-10/h6-9,11H,2-5H2,1H3,(H,16,17). The molecule has 92 valence electrons. The van der Waals surface area contributed by atoms with E-state index in [-0.39, 0.29) is 11.9 Å². The van der Waals surface area contributed by atoms with Crippen molar-refractivity contribution >= 4 is 5.91 Å². The predicted octanol–water partition coefficient (Wildman–Crippen LogP) is 2.53. The summed E-state index contributed by atoms with van der Waals surface area (Å²) in [5.74, 6) is -0.204. The van der Waals surface area contributed by atoms with Crippen molar-refractivity contribution in [3.63, 3.8) is 0 Å². The lowest BCUT2D eigenvalue weighted by Crippen LogP contribution is -2.41. The van der Waals surface area contributed by atoms with Crippen LogP contribution in [0.25, 0.3) is 0 Å². The van der Waals surface area contributed by atoms with Crippen LogP contribution in [-0.4, -0.2) is 16.9 Å². The second-order valence-electron chi connectivity index (χ2n) is 4.71. The van der Waals surface area contributed by atoms with E-state index < -0.39 is 5.95 Å². The van der Waals surface area contributed by atoms with Crippen molar-refractivity contribution in [3.05, 3.63) is 29.8 Å². The molecule has 1 aliphatic carbocycles. The second kappa shape index (κ2) is 5.25. The Kier molecular flexibility index (Phi) is 3.71. The predicted molar refractivity (Wildman–Crippen MR) is 63.1 cm³/mol. The van der Waals surface area contributed by atoms with Gasteiger partial charge >= 0.3 is 0 Å². The first kappa shape index (κ1) is 12.0. The molecule has 1 aliphatic rings. The Morgan fingerprint density at radius 3 is 2.82 bits per heavy atom. The fourth-order valence-electron chi connectivity index (χ4n) is 2.29. The van der Waals surface area contributed by atoms with E-state index in [2.05, 4.69) is 17.2 Å². The zero-order valence-electron chi connectivity index (χ0n) is 9.95. The zero-order valence-corrected chi connectivity index (χ0v) is 9.95. The lowest BCUT2D eigenvalue weighted by Gasteiger charge is -2.29. The van der Waals surface area contributed by atoms with Gasteiger partial charge in [0.2, 0.25) is 5.95 Å². The number of aromatic nitrogens is 1. The largest absolute Gasteiger partial charge is 0.349 e. The molecule has 17 heavy (non-hydrogen) atoms. The summed E-state index contributed by atoms with van der Waals surface area (Å²) in [6, 6.07) is 2.91. The molecular weight excluding hydrogens is 219 g/mol. The van der Waals surface area contributed by atoms with E-state index in [1.165, 1.54) is 24.8 Å². The molecule has 1 fully saturated rings. The van der Waals surface area contributed by atoms with E-state index in [4.69, 9.17) is 0 Å². The molecule has 0 saturated heterocycles. The van der Waals surface area contributed by atoms with Crippen LogP contribution in [0.1, 0.15) is 43.0 Å². The Morgan fingerprint density at radius 1 is 1.41 bits per heavy atom. The molecule has 2 unspecified atom stereocenters. The summed E-state index contributed by atoms with van der Waals surface area (Å²) in [6.45, 7) is 2.16. The van der Waals surface area contributed by atoms with E-state index in [1.54, 1.807) is 0 Å². The Hall–Kier alpha value is -1.45. The minimum atomic E-state index is -0.562. The van der Waals surface area contributed by atoms with Crippen LogP contribution < -0.4 is 5.32 Å². The molecule has 0 bridgehead atoms. The summed E-state index contributed by atoms with van der Waals surface area (Å²) < 4.78 is 12.6. The van der Waals surface area contributed by atoms with E-state index in [0.29, 0.717) is 11.5 Å². The fraction of sp³-hybridized carbons (Fsp3) is 0.538. The van der Waals surface area contributed by atoms with Crippen molar-refractivity contribution in [1.82, 2.24) is 10.3 Å². The molecule has 2 atom stereocenters. The first-order valence-electron chi connectivity index (χ1n) is 6.09. The van der Waals surface area contributed by atoms with Gasteiger partial charge in [0, 0.05) is 12.2 Å². The molecule has 1 amide bonds. The van der Waals surface area contributed by atoms with Gasteiger partial charge in [-0.1, -0.05) is 19.8 Å². The van der Waals surface area contributed by atoms with Crippen molar-refractivity contribution < 1.29 is 9.18 Å². The first-order chi connectivity index (χ1) is 8.16. The summed E-state index contributed by atoms with van der Waals surface area (Å²) >= 11 is 0. The summed E-state index contributed by atoms with van der Waals surface area (Å²) in [5, 5.41) is 3.00. The highest BCUT2D eigenvalue weighted by molar-refractivity contribution is 5.94. The van der Waals surface area contributed by atoms with E-state index in [0.717, 1.165) is 19.3 Å². The number of rotatable bonds is 2. The Morgan fingerprint density at radius 2 is 2.18 bits per heavy atom. The van der Waals surface area contributed by atoms with Crippen LogP contribution in [0.5, 0.6) is 0 Å². The van der Waals surface area contributed by atoms with Gasteiger partial charge in [0.25, 0.3) is 5.91 Å². The average molecular weight is 236 g/mol. The van der Waals surface area contributed by atoms with Crippen LogP contribution >= 0.6 is 0 Å².